The van der Waals surface area contributed by atoms with E-state index in [1.54, 1.807) is 0 Å². The largest absolute Gasteiger partial charge is 0.478 e. The molecule has 1 aliphatic rings. The lowest BCUT2D eigenvalue weighted by Crippen LogP contribution is -2.35. The van der Waals surface area contributed by atoms with Crippen molar-refractivity contribution in [3.05, 3.63) is 90.1 Å². The Morgan fingerprint density at radius 3 is 2.19 bits per heavy atom. The average molecular weight is 504 g/mol. The highest BCUT2D eigenvalue weighted by Gasteiger charge is 2.18. The monoisotopic (exact) mass is 503 g/mol. The summed E-state index contributed by atoms with van der Waals surface area (Å²) in [7, 11) is 0. The number of rotatable bonds is 9. The summed E-state index contributed by atoms with van der Waals surface area (Å²) in [6.07, 6.45) is 6.27. The minimum absolute atomic E-state index is 0.0280. The molecule has 2 aromatic carbocycles. The molecule has 0 bridgehead atoms. The fraction of sp³-hybridized carbons (Fsp3) is 0.310. The van der Waals surface area contributed by atoms with E-state index < -0.39 is 11.9 Å². The second-order valence-electron chi connectivity index (χ2n) is 8.90. The van der Waals surface area contributed by atoms with Crippen LogP contribution in [0.25, 0.3) is 10.9 Å². The molecule has 0 spiro atoms. The van der Waals surface area contributed by atoms with Gasteiger partial charge in [-0.15, -0.1) is 0 Å². The van der Waals surface area contributed by atoms with Gasteiger partial charge in [-0.2, -0.15) is 0 Å². The molecule has 0 aliphatic carbocycles. The van der Waals surface area contributed by atoms with Crippen LogP contribution < -0.4 is 5.32 Å². The molecule has 3 aromatic rings. The first kappa shape index (κ1) is 27.5. The van der Waals surface area contributed by atoms with Crippen molar-refractivity contribution in [1.82, 2.24) is 15.2 Å². The molecule has 8 heteroatoms. The number of benzene rings is 2. The highest BCUT2D eigenvalue weighted by Crippen LogP contribution is 2.19. The van der Waals surface area contributed by atoms with Crippen molar-refractivity contribution < 1.29 is 24.6 Å². The van der Waals surface area contributed by atoms with Gasteiger partial charge in [-0.05, 0) is 50.0 Å². The van der Waals surface area contributed by atoms with Crippen LogP contribution in [-0.4, -0.2) is 57.6 Å². The van der Waals surface area contributed by atoms with Gasteiger partial charge in [-0.25, -0.2) is 9.59 Å². The Bertz CT molecular complexity index is 1190. The topological polar surface area (TPSA) is 120 Å². The van der Waals surface area contributed by atoms with Gasteiger partial charge in [0.1, 0.15) is 0 Å². The van der Waals surface area contributed by atoms with Gasteiger partial charge < -0.3 is 20.4 Å². The molecule has 1 amide bonds. The van der Waals surface area contributed by atoms with E-state index in [-0.39, 0.29) is 11.9 Å². The predicted octanol–water partition coefficient (Wildman–Crippen LogP) is 4.22. The molecule has 1 fully saturated rings. The number of likely N-dealkylation sites (tertiary alicyclic amines) is 1. The van der Waals surface area contributed by atoms with E-state index in [4.69, 9.17) is 10.2 Å². The van der Waals surface area contributed by atoms with Crippen LogP contribution in [-0.2, 0) is 20.8 Å². The summed E-state index contributed by atoms with van der Waals surface area (Å²) in [5.74, 6) is -2.49. The third-order valence-electron chi connectivity index (χ3n) is 6.09. The summed E-state index contributed by atoms with van der Waals surface area (Å²) in [4.78, 5) is 39.1. The average Bonchev–Trinajstić information content (AvgIpc) is 2.91. The van der Waals surface area contributed by atoms with Gasteiger partial charge >= 0.3 is 11.9 Å². The number of carboxylic acid groups (broad SMARTS) is 2. The summed E-state index contributed by atoms with van der Waals surface area (Å²) in [6.45, 7) is 3.38. The number of amides is 1. The number of aromatic nitrogens is 1. The molecule has 1 unspecified atom stereocenters. The maximum atomic E-state index is 12.8. The van der Waals surface area contributed by atoms with Crippen LogP contribution in [0.2, 0.25) is 0 Å². The van der Waals surface area contributed by atoms with Gasteiger partial charge in [0.15, 0.2) is 0 Å². The number of hydrogen-bond acceptors (Lipinski definition) is 5. The highest BCUT2D eigenvalue weighted by atomic mass is 16.4. The molecule has 194 valence electrons. The van der Waals surface area contributed by atoms with E-state index in [2.05, 4.69) is 27.3 Å². The standard InChI is InChI=1S/C25H29N3O.C4H4O4/c29-25(19-22-14-13-21-11-5-6-12-23(21)26-22)27-24(20-9-3-1-4-10-20)15-18-28-16-7-2-8-17-28;5-3(6)1-2-4(7)8/h1,3-6,9-14,24H,2,7-8,15-19H2,(H,27,29);1-2H,(H,5,6)(H,7,8)/b;2-1+. The van der Waals surface area contributed by atoms with E-state index in [1.807, 2.05) is 54.6 Å². The van der Waals surface area contributed by atoms with E-state index >= 15 is 0 Å². The molecule has 1 atom stereocenters. The van der Waals surface area contributed by atoms with Crippen LogP contribution in [0, 0.1) is 0 Å². The second kappa shape index (κ2) is 14.5. The zero-order chi connectivity index (χ0) is 26.5. The van der Waals surface area contributed by atoms with Crippen LogP contribution in [0.3, 0.4) is 0 Å². The van der Waals surface area contributed by atoms with E-state index in [0.717, 1.165) is 29.6 Å². The number of aliphatic carboxylic acids is 2. The van der Waals surface area contributed by atoms with Gasteiger partial charge in [-0.1, -0.05) is 61.0 Å². The van der Waals surface area contributed by atoms with Crippen LogP contribution in [0.15, 0.2) is 78.9 Å². The van der Waals surface area contributed by atoms with Gasteiger partial charge in [0, 0.05) is 24.1 Å². The second-order valence-corrected chi connectivity index (χ2v) is 8.90. The lowest BCUT2D eigenvalue weighted by Gasteiger charge is -2.28. The fourth-order valence-corrected chi connectivity index (χ4v) is 4.26. The molecule has 0 radical (unpaired) electrons. The Morgan fingerprint density at radius 2 is 1.51 bits per heavy atom. The third-order valence-corrected chi connectivity index (χ3v) is 6.09. The lowest BCUT2D eigenvalue weighted by atomic mass is 10.0. The number of carbonyl (C=O) groups excluding carboxylic acids is 1. The van der Waals surface area contributed by atoms with Crippen molar-refractivity contribution in [2.75, 3.05) is 19.6 Å². The molecule has 1 saturated heterocycles. The van der Waals surface area contributed by atoms with Crippen molar-refractivity contribution in [2.24, 2.45) is 0 Å². The minimum atomic E-state index is -1.26. The predicted molar refractivity (Wildman–Crippen MR) is 142 cm³/mol. The van der Waals surface area contributed by atoms with E-state index in [0.29, 0.717) is 18.6 Å². The molecular weight excluding hydrogens is 470 g/mol. The van der Waals surface area contributed by atoms with Gasteiger partial charge in [0.05, 0.1) is 23.7 Å². The number of nitrogens with zero attached hydrogens (tertiary/aromatic N) is 2. The third kappa shape index (κ3) is 9.85. The number of piperidine rings is 1. The summed E-state index contributed by atoms with van der Waals surface area (Å²) < 4.78 is 0. The van der Waals surface area contributed by atoms with Gasteiger partial charge in [0.25, 0.3) is 0 Å². The van der Waals surface area contributed by atoms with Crippen LogP contribution in [0.1, 0.15) is 43.0 Å². The zero-order valence-electron chi connectivity index (χ0n) is 20.8. The van der Waals surface area contributed by atoms with Crippen LogP contribution in [0.5, 0.6) is 0 Å². The Balaban J connectivity index is 0.000000414. The molecule has 4 rings (SSSR count). The Morgan fingerprint density at radius 1 is 0.865 bits per heavy atom. The summed E-state index contributed by atoms with van der Waals surface area (Å²) in [6, 6.07) is 22.3. The quantitative estimate of drug-likeness (QED) is 0.374. The van der Waals surface area contributed by atoms with Crippen molar-refractivity contribution in [2.45, 2.75) is 38.1 Å². The summed E-state index contributed by atoms with van der Waals surface area (Å²) >= 11 is 0. The Labute approximate surface area is 216 Å². The maximum absolute atomic E-state index is 12.8. The molecule has 2 heterocycles. The van der Waals surface area contributed by atoms with Crippen LogP contribution in [0.4, 0.5) is 0 Å². The molecule has 1 aromatic heterocycles. The fourth-order valence-electron chi connectivity index (χ4n) is 4.26. The van der Waals surface area contributed by atoms with E-state index in [1.165, 1.54) is 37.9 Å². The Kier molecular flexibility index (Phi) is 10.8. The maximum Gasteiger partial charge on any atom is 0.328 e. The number of pyridine rings is 1. The molecule has 0 saturated carbocycles. The summed E-state index contributed by atoms with van der Waals surface area (Å²) in [5, 5.41) is 20.0. The normalized spacial score (nSPS) is 14.5. The molecular formula is C29H33N3O5. The number of fused-ring (bicyclic) bond motifs is 1. The van der Waals surface area contributed by atoms with Crippen LogP contribution >= 0.6 is 0 Å². The van der Waals surface area contributed by atoms with Crippen molar-refractivity contribution in [3.63, 3.8) is 0 Å². The molecule has 3 N–H and O–H groups in total. The van der Waals surface area contributed by atoms with Crippen molar-refractivity contribution in [1.29, 1.82) is 0 Å². The molecule has 8 nitrogen and oxygen atoms in total. The zero-order valence-corrected chi connectivity index (χ0v) is 20.8. The Hall–Kier alpha value is -4.04. The summed E-state index contributed by atoms with van der Waals surface area (Å²) in [5.41, 5.74) is 2.91. The number of carboxylic acids is 2. The molecule has 1 aliphatic heterocycles. The molecule has 37 heavy (non-hydrogen) atoms. The smallest absolute Gasteiger partial charge is 0.328 e. The number of carbonyl (C=O) groups is 3. The van der Waals surface area contributed by atoms with Crippen molar-refractivity contribution in [3.8, 4) is 0 Å². The first-order chi connectivity index (χ1) is 17.9. The number of nitrogens with one attached hydrogen (secondary N) is 1. The van der Waals surface area contributed by atoms with Gasteiger partial charge in [0.2, 0.25) is 5.91 Å². The first-order valence-electron chi connectivity index (χ1n) is 12.5. The SMILES string of the molecule is O=C(Cc1ccc2ccccc2n1)NC(CCN1CCCCC1)c1ccccc1.O=C(O)/C=C/C(=O)O. The number of hydrogen-bond donors (Lipinski definition) is 3. The lowest BCUT2D eigenvalue weighted by molar-refractivity contribution is -0.134. The van der Waals surface area contributed by atoms with Gasteiger partial charge in [-0.3, -0.25) is 9.78 Å². The number of para-hydroxylation sites is 1. The highest BCUT2D eigenvalue weighted by molar-refractivity contribution is 5.89. The first-order valence-corrected chi connectivity index (χ1v) is 12.5. The van der Waals surface area contributed by atoms with Crippen molar-refractivity contribution >= 4 is 28.7 Å². The van der Waals surface area contributed by atoms with E-state index in [9.17, 15) is 14.4 Å². The minimum Gasteiger partial charge on any atom is -0.478 e.